The van der Waals surface area contributed by atoms with Crippen molar-refractivity contribution in [2.24, 2.45) is 4.99 Å². The molecule has 3 heterocycles. The number of rotatable bonds is 2. The standard InChI is InChI=1S/C23H29N5O/c1-22(2,3)27-21-23(26-19-10-5-4-9-18(19)25-21)11-7-13-28(16-23)20(29)14-17-8-6-12-24-15-17/h4-6,8-10,12,15,26H,7,11,13-14,16H2,1-3H3,(H,25,27)/t23-/m1/s1. The van der Waals surface area contributed by atoms with Crippen molar-refractivity contribution >= 4 is 23.1 Å². The molecule has 0 bridgehead atoms. The van der Waals surface area contributed by atoms with E-state index in [1.807, 2.05) is 29.2 Å². The fourth-order valence-corrected chi connectivity index (χ4v) is 4.09. The first-order valence-corrected chi connectivity index (χ1v) is 10.3. The molecule has 2 N–H and O–H groups in total. The molecule has 0 radical (unpaired) electrons. The lowest BCUT2D eigenvalue weighted by Crippen LogP contribution is -2.63. The summed E-state index contributed by atoms with van der Waals surface area (Å²) in [6, 6.07) is 12.0. The highest BCUT2D eigenvalue weighted by Crippen LogP contribution is 2.37. The summed E-state index contributed by atoms with van der Waals surface area (Å²) in [5.74, 6) is 1.05. The molecule has 2 aliphatic heterocycles. The zero-order valence-electron chi connectivity index (χ0n) is 17.4. The summed E-state index contributed by atoms with van der Waals surface area (Å²) in [4.78, 5) is 24.2. The number of likely N-dealkylation sites (tertiary alicyclic amines) is 1. The van der Waals surface area contributed by atoms with E-state index in [-0.39, 0.29) is 11.4 Å². The van der Waals surface area contributed by atoms with Gasteiger partial charge in [-0.15, -0.1) is 0 Å². The number of hydrogen-bond acceptors (Lipinski definition) is 4. The Labute approximate surface area is 172 Å². The zero-order chi connectivity index (χ0) is 20.5. The van der Waals surface area contributed by atoms with E-state index in [9.17, 15) is 4.79 Å². The molecule has 4 rings (SSSR count). The molecular formula is C23H29N5O. The number of pyridine rings is 1. The number of anilines is 2. The van der Waals surface area contributed by atoms with E-state index >= 15 is 0 Å². The predicted molar refractivity (Wildman–Crippen MR) is 117 cm³/mol. The van der Waals surface area contributed by atoms with Crippen molar-refractivity contribution in [1.29, 1.82) is 0 Å². The summed E-state index contributed by atoms with van der Waals surface area (Å²) in [5, 5.41) is 7.30. The van der Waals surface area contributed by atoms with Crippen LogP contribution in [0.25, 0.3) is 0 Å². The van der Waals surface area contributed by atoms with Gasteiger partial charge in [-0.1, -0.05) is 18.2 Å². The maximum Gasteiger partial charge on any atom is 0.227 e. The quantitative estimate of drug-likeness (QED) is 0.819. The van der Waals surface area contributed by atoms with Crippen molar-refractivity contribution in [3.05, 3.63) is 54.4 Å². The monoisotopic (exact) mass is 391 g/mol. The van der Waals surface area contributed by atoms with E-state index in [4.69, 9.17) is 4.99 Å². The van der Waals surface area contributed by atoms with Crippen LogP contribution in [0.15, 0.2) is 53.8 Å². The third-order valence-corrected chi connectivity index (χ3v) is 5.38. The third-order valence-electron chi connectivity index (χ3n) is 5.38. The molecule has 0 unspecified atom stereocenters. The minimum absolute atomic E-state index is 0.132. The minimum atomic E-state index is -0.398. The maximum atomic E-state index is 13.0. The molecule has 6 heteroatoms. The topological polar surface area (TPSA) is 69.6 Å². The lowest BCUT2D eigenvalue weighted by Gasteiger charge is -2.48. The number of amides is 1. The first-order chi connectivity index (χ1) is 13.8. The molecule has 0 saturated carbocycles. The molecule has 6 nitrogen and oxygen atoms in total. The summed E-state index contributed by atoms with van der Waals surface area (Å²) in [7, 11) is 0. The third kappa shape index (κ3) is 4.26. The average molecular weight is 392 g/mol. The molecule has 1 aromatic heterocycles. The number of amidine groups is 1. The van der Waals surface area contributed by atoms with Crippen molar-refractivity contribution in [3.8, 4) is 0 Å². The van der Waals surface area contributed by atoms with Gasteiger partial charge in [0.1, 0.15) is 11.4 Å². The summed E-state index contributed by atoms with van der Waals surface area (Å²) in [6.07, 6.45) is 5.73. The number of nitrogens with zero attached hydrogens (tertiary/aromatic N) is 3. The Morgan fingerprint density at radius 3 is 2.72 bits per heavy atom. The van der Waals surface area contributed by atoms with Crippen LogP contribution in [0.3, 0.4) is 0 Å². The van der Waals surface area contributed by atoms with Crippen LogP contribution in [0, 0.1) is 0 Å². The molecule has 1 spiro atoms. The highest BCUT2D eigenvalue weighted by molar-refractivity contribution is 6.10. The van der Waals surface area contributed by atoms with Crippen LogP contribution in [0.5, 0.6) is 0 Å². The molecule has 1 amide bonds. The van der Waals surface area contributed by atoms with Crippen LogP contribution in [0.4, 0.5) is 11.4 Å². The number of carbonyl (C=O) groups is 1. The van der Waals surface area contributed by atoms with Gasteiger partial charge in [0.25, 0.3) is 0 Å². The highest BCUT2D eigenvalue weighted by atomic mass is 16.2. The predicted octanol–water partition coefficient (Wildman–Crippen LogP) is 3.72. The van der Waals surface area contributed by atoms with Crippen molar-refractivity contribution in [2.75, 3.05) is 23.7 Å². The summed E-state index contributed by atoms with van der Waals surface area (Å²) >= 11 is 0. The smallest absolute Gasteiger partial charge is 0.227 e. The number of aromatic nitrogens is 1. The molecule has 1 aromatic carbocycles. The number of hydrogen-bond donors (Lipinski definition) is 2. The van der Waals surface area contributed by atoms with Crippen LogP contribution in [-0.2, 0) is 11.2 Å². The van der Waals surface area contributed by atoms with Gasteiger partial charge < -0.3 is 15.5 Å². The second-order valence-electron chi connectivity index (χ2n) is 8.97. The Kier molecular flexibility index (Phi) is 5.03. The van der Waals surface area contributed by atoms with E-state index in [1.165, 1.54) is 0 Å². The molecule has 2 aromatic rings. The average Bonchev–Trinajstić information content (AvgIpc) is 2.68. The van der Waals surface area contributed by atoms with Crippen molar-refractivity contribution in [3.63, 3.8) is 0 Å². The van der Waals surface area contributed by atoms with Gasteiger partial charge in [0, 0.05) is 18.9 Å². The van der Waals surface area contributed by atoms with Gasteiger partial charge in [0.05, 0.1) is 29.9 Å². The fraction of sp³-hybridized carbons (Fsp3) is 0.435. The Hall–Kier alpha value is -2.89. The van der Waals surface area contributed by atoms with E-state index in [1.54, 1.807) is 12.4 Å². The minimum Gasteiger partial charge on any atom is -0.370 e. The number of benzene rings is 1. The molecular weight excluding hydrogens is 362 g/mol. The Morgan fingerprint density at radius 1 is 1.21 bits per heavy atom. The van der Waals surface area contributed by atoms with Gasteiger partial charge in [-0.3, -0.25) is 14.8 Å². The van der Waals surface area contributed by atoms with Crippen LogP contribution in [-0.4, -0.2) is 45.8 Å². The largest absolute Gasteiger partial charge is 0.370 e. The van der Waals surface area contributed by atoms with Crippen molar-refractivity contribution in [2.45, 2.75) is 51.1 Å². The number of para-hydroxylation sites is 2. The van der Waals surface area contributed by atoms with Gasteiger partial charge >= 0.3 is 0 Å². The highest BCUT2D eigenvalue weighted by Gasteiger charge is 2.45. The van der Waals surface area contributed by atoms with Gasteiger partial charge in [-0.05, 0) is 57.4 Å². The maximum absolute atomic E-state index is 13.0. The fourth-order valence-electron chi connectivity index (χ4n) is 4.09. The second-order valence-corrected chi connectivity index (χ2v) is 8.97. The SMILES string of the molecule is CC(C)(C)N=C1Nc2ccccc2N[C@@]12CCCN(C(=O)Cc1cccnc1)C2. The molecule has 2 aliphatic rings. The molecule has 29 heavy (non-hydrogen) atoms. The number of piperidine rings is 1. The number of aliphatic imine (C=N–C) groups is 1. The first kappa shape index (κ1) is 19.4. The number of nitrogens with one attached hydrogen (secondary N) is 2. The van der Waals surface area contributed by atoms with Crippen LogP contribution in [0.1, 0.15) is 39.2 Å². The van der Waals surface area contributed by atoms with E-state index in [2.05, 4.69) is 48.5 Å². The molecule has 152 valence electrons. The summed E-state index contributed by atoms with van der Waals surface area (Å²) in [5.41, 5.74) is 2.41. The van der Waals surface area contributed by atoms with Crippen LogP contribution in [0.2, 0.25) is 0 Å². The zero-order valence-corrected chi connectivity index (χ0v) is 17.4. The van der Waals surface area contributed by atoms with E-state index in [0.29, 0.717) is 13.0 Å². The lowest BCUT2D eigenvalue weighted by atomic mass is 9.84. The Morgan fingerprint density at radius 2 is 2.00 bits per heavy atom. The number of carbonyl (C=O) groups excluding carboxylic acids is 1. The van der Waals surface area contributed by atoms with Gasteiger partial charge in [0.2, 0.25) is 5.91 Å². The van der Waals surface area contributed by atoms with Crippen molar-refractivity contribution < 1.29 is 4.79 Å². The molecule has 1 saturated heterocycles. The second kappa shape index (κ2) is 7.50. The van der Waals surface area contributed by atoms with Crippen molar-refractivity contribution in [1.82, 2.24) is 9.88 Å². The Bertz CT molecular complexity index is 918. The van der Waals surface area contributed by atoms with Crippen LogP contribution < -0.4 is 10.6 Å². The number of fused-ring (bicyclic) bond motifs is 1. The molecule has 0 aliphatic carbocycles. The summed E-state index contributed by atoms with van der Waals surface area (Å²) < 4.78 is 0. The van der Waals surface area contributed by atoms with Crippen LogP contribution >= 0.6 is 0 Å². The van der Waals surface area contributed by atoms with Gasteiger partial charge in [-0.2, -0.15) is 0 Å². The van der Waals surface area contributed by atoms with Gasteiger partial charge in [0.15, 0.2) is 0 Å². The van der Waals surface area contributed by atoms with E-state index in [0.717, 1.165) is 42.2 Å². The first-order valence-electron chi connectivity index (χ1n) is 10.3. The summed E-state index contributed by atoms with van der Waals surface area (Å²) in [6.45, 7) is 7.67. The lowest BCUT2D eigenvalue weighted by molar-refractivity contribution is -0.131. The Balaban J connectivity index is 1.63. The molecule has 1 fully saturated rings. The molecule has 1 atom stereocenters. The van der Waals surface area contributed by atoms with E-state index < -0.39 is 5.54 Å². The normalized spacial score (nSPS) is 22.7. The van der Waals surface area contributed by atoms with Gasteiger partial charge in [-0.25, -0.2) is 0 Å².